The van der Waals surface area contributed by atoms with E-state index >= 15 is 0 Å². The molecule has 0 atom stereocenters. The van der Waals surface area contributed by atoms with Gasteiger partial charge in [0, 0.05) is 12.8 Å². The number of rotatable bonds is 9. The van der Waals surface area contributed by atoms with E-state index in [9.17, 15) is 14.0 Å². The molecule has 22 heavy (non-hydrogen) atoms. The van der Waals surface area contributed by atoms with Crippen molar-refractivity contribution in [1.29, 1.82) is 0 Å². The maximum atomic E-state index is 12.7. The Balaban J connectivity index is 2.08. The van der Waals surface area contributed by atoms with Crippen molar-refractivity contribution >= 4 is 18.1 Å². The summed E-state index contributed by atoms with van der Waals surface area (Å²) in [6.45, 7) is 0. The SMILES string of the molecule is COC(=O)CCCCCCC(=O)N/N=C/c1ccc(F)cc1. The topological polar surface area (TPSA) is 67.8 Å². The number of hydrogen-bond acceptors (Lipinski definition) is 4. The molecule has 0 spiro atoms. The van der Waals surface area contributed by atoms with E-state index in [0.717, 1.165) is 25.7 Å². The fraction of sp³-hybridized carbons (Fsp3) is 0.438. The highest BCUT2D eigenvalue weighted by Gasteiger charge is 2.01. The van der Waals surface area contributed by atoms with Crippen LogP contribution in [0.2, 0.25) is 0 Å². The Kier molecular flexibility index (Phi) is 8.49. The molecule has 0 heterocycles. The van der Waals surface area contributed by atoms with E-state index in [0.29, 0.717) is 18.4 Å². The van der Waals surface area contributed by atoms with Crippen molar-refractivity contribution in [3.63, 3.8) is 0 Å². The quantitative estimate of drug-likeness (QED) is 0.330. The zero-order chi connectivity index (χ0) is 16.2. The average Bonchev–Trinajstić information content (AvgIpc) is 2.52. The van der Waals surface area contributed by atoms with Crippen LogP contribution in [-0.2, 0) is 14.3 Å². The van der Waals surface area contributed by atoms with E-state index in [-0.39, 0.29) is 17.7 Å². The second-order valence-corrected chi connectivity index (χ2v) is 4.84. The van der Waals surface area contributed by atoms with Crippen molar-refractivity contribution in [3.8, 4) is 0 Å². The van der Waals surface area contributed by atoms with Gasteiger partial charge in [-0.05, 0) is 30.5 Å². The number of unbranched alkanes of at least 4 members (excludes halogenated alkanes) is 3. The van der Waals surface area contributed by atoms with Gasteiger partial charge in [0.25, 0.3) is 0 Å². The summed E-state index contributed by atoms with van der Waals surface area (Å²) in [5.41, 5.74) is 3.14. The Labute approximate surface area is 129 Å². The van der Waals surface area contributed by atoms with Gasteiger partial charge in [-0.15, -0.1) is 0 Å². The van der Waals surface area contributed by atoms with Crippen LogP contribution in [0.1, 0.15) is 44.1 Å². The predicted molar refractivity (Wildman–Crippen MR) is 81.9 cm³/mol. The second kappa shape index (κ2) is 10.5. The molecule has 0 bridgehead atoms. The van der Waals surface area contributed by atoms with Crippen LogP contribution < -0.4 is 5.43 Å². The van der Waals surface area contributed by atoms with Crippen LogP contribution in [0, 0.1) is 5.82 Å². The Morgan fingerprint density at radius 2 is 1.77 bits per heavy atom. The summed E-state index contributed by atoms with van der Waals surface area (Å²) in [5, 5.41) is 3.81. The largest absolute Gasteiger partial charge is 0.469 e. The average molecular weight is 308 g/mol. The van der Waals surface area contributed by atoms with E-state index in [1.165, 1.54) is 25.5 Å². The summed E-state index contributed by atoms with van der Waals surface area (Å²) < 4.78 is 17.2. The van der Waals surface area contributed by atoms with Gasteiger partial charge < -0.3 is 4.74 Å². The fourth-order valence-corrected chi connectivity index (χ4v) is 1.79. The Morgan fingerprint density at radius 3 is 2.41 bits per heavy atom. The minimum absolute atomic E-state index is 0.161. The maximum Gasteiger partial charge on any atom is 0.305 e. The Morgan fingerprint density at radius 1 is 1.14 bits per heavy atom. The number of nitrogens with zero attached hydrogens (tertiary/aromatic N) is 1. The summed E-state index contributed by atoms with van der Waals surface area (Å²) >= 11 is 0. The number of carbonyl (C=O) groups excluding carboxylic acids is 2. The first-order valence-electron chi connectivity index (χ1n) is 7.26. The number of nitrogens with one attached hydrogen (secondary N) is 1. The van der Waals surface area contributed by atoms with Crippen molar-refractivity contribution < 1.29 is 18.7 Å². The molecule has 0 radical (unpaired) electrons. The smallest absolute Gasteiger partial charge is 0.305 e. The summed E-state index contributed by atoms with van der Waals surface area (Å²) in [7, 11) is 1.37. The van der Waals surface area contributed by atoms with Crippen molar-refractivity contribution in [2.24, 2.45) is 5.10 Å². The van der Waals surface area contributed by atoms with Crippen LogP contribution in [-0.4, -0.2) is 25.2 Å². The summed E-state index contributed by atoms with van der Waals surface area (Å²) in [6.07, 6.45) is 5.57. The highest BCUT2D eigenvalue weighted by molar-refractivity contribution is 5.82. The van der Waals surface area contributed by atoms with E-state index < -0.39 is 0 Å². The number of halogens is 1. The molecule has 0 saturated heterocycles. The molecule has 1 aromatic rings. The van der Waals surface area contributed by atoms with Gasteiger partial charge in [-0.1, -0.05) is 25.0 Å². The molecular weight excluding hydrogens is 287 g/mol. The van der Waals surface area contributed by atoms with Gasteiger partial charge in [-0.2, -0.15) is 5.10 Å². The van der Waals surface area contributed by atoms with Gasteiger partial charge in [0.05, 0.1) is 13.3 Å². The lowest BCUT2D eigenvalue weighted by atomic mass is 10.1. The van der Waals surface area contributed by atoms with Crippen LogP contribution in [0.3, 0.4) is 0 Å². The molecule has 1 aromatic carbocycles. The molecule has 120 valence electrons. The first-order chi connectivity index (χ1) is 10.6. The first-order valence-corrected chi connectivity index (χ1v) is 7.26. The molecule has 0 aliphatic heterocycles. The summed E-state index contributed by atoms with van der Waals surface area (Å²) in [6, 6.07) is 5.81. The predicted octanol–water partition coefficient (Wildman–Crippen LogP) is 2.79. The van der Waals surface area contributed by atoms with E-state index in [4.69, 9.17) is 0 Å². The summed E-state index contributed by atoms with van der Waals surface area (Å²) in [4.78, 5) is 22.4. The lowest BCUT2D eigenvalue weighted by molar-refractivity contribution is -0.140. The second-order valence-electron chi connectivity index (χ2n) is 4.84. The highest BCUT2D eigenvalue weighted by atomic mass is 19.1. The first kappa shape index (κ1) is 17.8. The molecule has 5 nitrogen and oxygen atoms in total. The third kappa shape index (κ3) is 8.14. The van der Waals surface area contributed by atoms with Crippen LogP contribution in [0.25, 0.3) is 0 Å². The Hall–Kier alpha value is -2.24. The third-order valence-electron chi connectivity index (χ3n) is 3.04. The molecule has 0 aromatic heterocycles. The lowest BCUT2D eigenvalue weighted by Gasteiger charge is -2.01. The standard InChI is InChI=1S/C16H21FN2O3/c1-22-16(21)7-5-3-2-4-6-15(20)19-18-12-13-8-10-14(17)11-9-13/h8-12H,2-7H2,1H3,(H,19,20)/b18-12+. The molecule has 6 heteroatoms. The molecule has 1 rings (SSSR count). The molecule has 0 aliphatic carbocycles. The molecule has 0 unspecified atom stereocenters. The van der Waals surface area contributed by atoms with Gasteiger partial charge in [-0.3, -0.25) is 9.59 Å². The number of amides is 1. The van der Waals surface area contributed by atoms with Gasteiger partial charge >= 0.3 is 5.97 Å². The minimum Gasteiger partial charge on any atom is -0.469 e. The van der Waals surface area contributed by atoms with Crippen LogP contribution in [0.4, 0.5) is 4.39 Å². The highest BCUT2D eigenvalue weighted by Crippen LogP contribution is 2.06. The van der Waals surface area contributed by atoms with Crippen LogP contribution in [0.5, 0.6) is 0 Å². The molecule has 0 aliphatic rings. The van der Waals surface area contributed by atoms with E-state index in [1.54, 1.807) is 12.1 Å². The van der Waals surface area contributed by atoms with Crippen molar-refractivity contribution in [1.82, 2.24) is 5.43 Å². The maximum absolute atomic E-state index is 12.7. The molecule has 0 saturated carbocycles. The minimum atomic E-state index is -0.312. The van der Waals surface area contributed by atoms with Crippen molar-refractivity contribution in [2.45, 2.75) is 38.5 Å². The Bertz CT molecular complexity index is 501. The number of benzene rings is 1. The van der Waals surface area contributed by atoms with Crippen molar-refractivity contribution in [3.05, 3.63) is 35.6 Å². The number of carbonyl (C=O) groups is 2. The number of ether oxygens (including phenoxy) is 1. The van der Waals surface area contributed by atoms with E-state index in [1.807, 2.05) is 0 Å². The normalized spacial score (nSPS) is 10.6. The number of hydrogen-bond donors (Lipinski definition) is 1. The van der Waals surface area contributed by atoms with Gasteiger partial charge in [0.1, 0.15) is 5.82 Å². The third-order valence-corrected chi connectivity index (χ3v) is 3.04. The van der Waals surface area contributed by atoms with Crippen LogP contribution in [0.15, 0.2) is 29.4 Å². The zero-order valence-corrected chi connectivity index (χ0v) is 12.7. The number of esters is 1. The molecular formula is C16H21FN2O3. The molecule has 1 N–H and O–H groups in total. The zero-order valence-electron chi connectivity index (χ0n) is 12.7. The van der Waals surface area contributed by atoms with Gasteiger partial charge in [0.2, 0.25) is 5.91 Å². The summed E-state index contributed by atoms with van der Waals surface area (Å²) in [5.74, 6) is -0.674. The van der Waals surface area contributed by atoms with Crippen molar-refractivity contribution in [2.75, 3.05) is 7.11 Å². The van der Waals surface area contributed by atoms with Gasteiger partial charge in [0.15, 0.2) is 0 Å². The monoisotopic (exact) mass is 308 g/mol. The molecule has 1 amide bonds. The molecule has 0 fully saturated rings. The number of methoxy groups -OCH3 is 1. The van der Waals surface area contributed by atoms with Crippen LogP contribution >= 0.6 is 0 Å². The fourth-order valence-electron chi connectivity index (χ4n) is 1.79. The lowest BCUT2D eigenvalue weighted by Crippen LogP contribution is -2.16. The number of hydrazone groups is 1. The van der Waals surface area contributed by atoms with E-state index in [2.05, 4.69) is 15.3 Å². The van der Waals surface area contributed by atoms with Gasteiger partial charge in [-0.25, -0.2) is 9.82 Å².